The van der Waals surface area contributed by atoms with E-state index in [4.69, 9.17) is 4.52 Å². The number of pyridine rings is 1. The van der Waals surface area contributed by atoms with Crippen LogP contribution in [0.4, 0.5) is 5.82 Å². The largest absolute Gasteiger partial charge is 0.365 e. The van der Waals surface area contributed by atoms with Crippen LogP contribution in [0.1, 0.15) is 16.7 Å². The Labute approximate surface area is 158 Å². The summed E-state index contributed by atoms with van der Waals surface area (Å²) in [6.45, 7) is 4.79. The van der Waals surface area contributed by atoms with Crippen LogP contribution >= 0.6 is 0 Å². The van der Waals surface area contributed by atoms with Crippen molar-refractivity contribution in [3.63, 3.8) is 0 Å². The smallest absolute Gasteiger partial charge is 0.261 e. The van der Waals surface area contributed by atoms with Crippen molar-refractivity contribution < 1.29 is 4.52 Å². The van der Waals surface area contributed by atoms with E-state index < -0.39 is 0 Å². The highest BCUT2D eigenvalue weighted by atomic mass is 16.5. The van der Waals surface area contributed by atoms with Crippen molar-refractivity contribution in [2.75, 3.05) is 5.32 Å². The first kappa shape index (κ1) is 17.0. The van der Waals surface area contributed by atoms with Crippen molar-refractivity contribution in [2.45, 2.75) is 20.4 Å². The average Bonchev–Trinajstić information content (AvgIpc) is 3.18. The van der Waals surface area contributed by atoms with E-state index in [2.05, 4.69) is 51.6 Å². The number of nitrogens with one attached hydrogen (secondary N) is 1. The first-order chi connectivity index (χ1) is 13.2. The summed E-state index contributed by atoms with van der Waals surface area (Å²) < 4.78 is 5.51. The molecule has 2 heterocycles. The molecule has 2 aromatic heterocycles. The number of benzene rings is 2. The summed E-state index contributed by atoms with van der Waals surface area (Å²) in [6, 6.07) is 20.2. The third-order valence-electron chi connectivity index (χ3n) is 4.32. The molecule has 0 radical (unpaired) electrons. The van der Waals surface area contributed by atoms with Crippen LogP contribution in [0.25, 0.3) is 22.8 Å². The molecule has 0 spiro atoms. The van der Waals surface area contributed by atoms with Gasteiger partial charge in [-0.05, 0) is 37.6 Å². The van der Waals surface area contributed by atoms with Crippen molar-refractivity contribution in [3.8, 4) is 22.8 Å². The number of anilines is 1. The lowest BCUT2D eigenvalue weighted by Gasteiger charge is -2.08. The molecule has 4 aromatic rings. The van der Waals surface area contributed by atoms with E-state index in [-0.39, 0.29) is 0 Å². The third-order valence-corrected chi connectivity index (χ3v) is 4.32. The highest BCUT2D eigenvalue weighted by molar-refractivity contribution is 5.70. The molecule has 134 valence electrons. The molecule has 0 atom stereocenters. The topological polar surface area (TPSA) is 63.8 Å². The van der Waals surface area contributed by atoms with E-state index in [1.807, 2.05) is 43.3 Å². The Morgan fingerprint density at radius 1 is 0.926 bits per heavy atom. The summed E-state index contributed by atoms with van der Waals surface area (Å²) in [7, 11) is 0. The average molecular weight is 356 g/mol. The molecule has 0 aliphatic carbocycles. The quantitative estimate of drug-likeness (QED) is 0.543. The summed E-state index contributed by atoms with van der Waals surface area (Å²) in [4.78, 5) is 9.01. The Bertz CT molecular complexity index is 1050. The van der Waals surface area contributed by atoms with Crippen LogP contribution in [-0.4, -0.2) is 15.1 Å². The number of hydrogen-bond donors (Lipinski definition) is 1. The van der Waals surface area contributed by atoms with Gasteiger partial charge in [-0.1, -0.05) is 58.7 Å². The van der Waals surface area contributed by atoms with Crippen molar-refractivity contribution in [2.24, 2.45) is 0 Å². The minimum Gasteiger partial charge on any atom is -0.365 e. The summed E-state index contributed by atoms with van der Waals surface area (Å²) in [5, 5.41) is 7.50. The normalized spacial score (nSPS) is 10.7. The molecule has 0 aliphatic heterocycles. The van der Waals surface area contributed by atoms with E-state index in [1.165, 1.54) is 11.1 Å². The van der Waals surface area contributed by atoms with Crippen molar-refractivity contribution >= 4 is 5.82 Å². The Balaban J connectivity index is 1.58. The van der Waals surface area contributed by atoms with Gasteiger partial charge < -0.3 is 9.84 Å². The van der Waals surface area contributed by atoms with Gasteiger partial charge in [0, 0.05) is 18.3 Å². The van der Waals surface area contributed by atoms with Crippen molar-refractivity contribution in [1.82, 2.24) is 15.1 Å². The zero-order valence-electron chi connectivity index (χ0n) is 15.3. The van der Waals surface area contributed by atoms with Gasteiger partial charge in [0.15, 0.2) is 0 Å². The standard InChI is InChI=1S/C22H20N4O/c1-15-8-10-17(11-9-15)14-24-21-19(7-4-12-23-21)22-25-20(26-27-22)18-6-3-5-16(2)13-18/h3-13H,14H2,1-2H3,(H,23,24). The second-order valence-corrected chi connectivity index (χ2v) is 6.53. The summed E-state index contributed by atoms with van der Waals surface area (Å²) in [5.41, 5.74) is 5.30. The van der Waals surface area contributed by atoms with Crippen LogP contribution in [0.3, 0.4) is 0 Å². The Kier molecular flexibility index (Phi) is 4.66. The molecule has 1 N–H and O–H groups in total. The predicted octanol–water partition coefficient (Wildman–Crippen LogP) is 5.03. The molecule has 2 aromatic carbocycles. The molecule has 0 bridgehead atoms. The van der Waals surface area contributed by atoms with Crippen LogP contribution in [0.2, 0.25) is 0 Å². The molecule has 0 saturated carbocycles. The number of nitrogens with zero attached hydrogens (tertiary/aromatic N) is 3. The van der Waals surface area contributed by atoms with Gasteiger partial charge in [0.1, 0.15) is 5.82 Å². The SMILES string of the molecule is Cc1ccc(CNc2ncccc2-c2nc(-c3cccc(C)c3)no2)cc1. The van der Waals surface area contributed by atoms with Crippen LogP contribution in [0.15, 0.2) is 71.4 Å². The van der Waals surface area contributed by atoms with E-state index in [1.54, 1.807) is 6.20 Å². The summed E-state index contributed by atoms with van der Waals surface area (Å²) >= 11 is 0. The van der Waals surface area contributed by atoms with Gasteiger partial charge in [0.2, 0.25) is 5.82 Å². The zero-order valence-corrected chi connectivity index (χ0v) is 15.3. The van der Waals surface area contributed by atoms with Gasteiger partial charge in [-0.15, -0.1) is 0 Å². The van der Waals surface area contributed by atoms with Crippen LogP contribution < -0.4 is 5.32 Å². The molecule has 0 amide bonds. The third kappa shape index (κ3) is 3.87. The number of aryl methyl sites for hydroxylation is 2. The fraction of sp³-hybridized carbons (Fsp3) is 0.136. The molecule has 0 aliphatic rings. The number of rotatable bonds is 5. The fourth-order valence-electron chi connectivity index (χ4n) is 2.84. The molecule has 5 heteroatoms. The molecule has 27 heavy (non-hydrogen) atoms. The van der Waals surface area contributed by atoms with E-state index in [0.29, 0.717) is 18.3 Å². The van der Waals surface area contributed by atoms with Gasteiger partial charge in [-0.25, -0.2) is 4.98 Å². The molecular weight excluding hydrogens is 336 g/mol. The van der Waals surface area contributed by atoms with Gasteiger partial charge in [0.05, 0.1) is 5.56 Å². The Morgan fingerprint density at radius 2 is 1.78 bits per heavy atom. The molecule has 4 rings (SSSR count). The monoisotopic (exact) mass is 356 g/mol. The van der Waals surface area contributed by atoms with E-state index >= 15 is 0 Å². The maximum Gasteiger partial charge on any atom is 0.261 e. The lowest BCUT2D eigenvalue weighted by Crippen LogP contribution is -2.03. The summed E-state index contributed by atoms with van der Waals surface area (Å²) in [6.07, 6.45) is 1.75. The van der Waals surface area contributed by atoms with Crippen LogP contribution in [0.5, 0.6) is 0 Å². The minimum absolute atomic E-state index is 0.450. The molecule has 0 unspecified atom stereocenters. The Hall–Kier alpha value is -3.47. The van der Waals surface area contributed by atoms with Gasteiger partial charge in [-0.2, -0.15) is 4.98 Å². The number of hydrogen-bond acceptors (Lipinski definition) is 5. The van der Waals surface area contributed by atoms with Crippen molar-refractivity contribution in [1.29, 1.82) is 0 Å². The highest BCUT2D eigenvalue weighted by Gasteiger charge is 2.15. The van der Waals surface area contributed by atoms with E-state index in [0.717, 1.165) is 22.5 Å². The second kappa shape index (κ2) is 7.41. The highest BCUT2D eigenvalue weighted by Crippen LogP contribution is 2.27. The summed E-state index contributed by atoms with van der Waals surface area (Å²) in [5.74, 6) is 1.74. The Morgan fingerprint density at radius 3 is 2.59 bits per heavy atom. The first-order valence-electron chi connectivity index (χ1n) is 8.84. The lowest BCUT2D eigenvalue weighted by molar-refractivity contribution is 0.432. The van der Waals surface area contributed by atoms with E-state index in [9.17, 15) is 0 Å². The lowest BCUT2D eigenvalue weighted by atomic mass is 10.1. The van der Waals surface area contributed by atoms with Gasteiger partial charge in [-0.3, -0.25) is 0 Å². The van der Waals surface area contributed by atoms with Crippen molar-refractivity contribution in [3.05, 3.63) is 83.6 Å². The molecule has 0 saturated heterocycles. The first-order valence-corrected chi connectivity index (χ1v) is 8.84. The maximum atomic E-state index is 5.51. The molecule has 0 fully saturated rings. The van der Waals surface area contributed by atoms with Gasteiger partial charge in [0.25, 0.3) is 5.89 Å². The predicted molar refractivity (Wildman–Crippen MR) is 106 cm³/mol. The molecular formula is C22H20N4O. The zero-order chi connectivity index (χ0) is 18.6. The van der Waals surface area contributed by atoms with Crippen LogP contribution in [-0.2, 0) is 6.54 Å². The van der Waals surface area contributed by atoms with Crippen LogP contribution in [0, 0.1) is 13.8 Å². The fourth-order valence-corrected chi connectivity index (χ4v) is 2.84. The number of aromatic nitrogens is 3. The minimum atomic E-state index is 0.450. The van der Waals surface area contributed by atoms with Gasteiger partial charge >= 0.3 is 0 Å². The second-order valence-electron chi connectivity index (χ2n) is 6.53. The molecule has 5 nitrogen and oxygen atoms in total. The maximum absolute atomic E-state index is 5.51.